The summed E-state index contributed by atoms with van der Waals surface area (Å²) in [5, 5.41) is 4.19. The van der Waals surface area contributed by atoms with Crippen LogP contribution in [0.2, 0.25) is 0 Å². The summed E-state index contributed by atoms with van der Waals surface area (Å²) in [7, 11) is 0. The second-order valence-corrected chi connectivity index (χ2v) is 7.10. The fourth-order valence-corrected chi connectivity index (χ4v) is 3.00. The first-order chi connectivity index (χ1) is 9.70. The predicted molar refractivity (Wildman–Crippen MR) is 89.0 cm³/mol. The van der Waals surface area contributed by atoms with E-state index in [2.05, 4.69) is 46.6 Å². The Morgan fingerprint density at radius 2 is 2.15 bits per heavy atom. The van der Waals surface area contributed by atoms with Crippen molar-refractivity contribution in [3.63, 3.8) is 0 Å². The van der Waals surface area contributed by atoms with Gasteiger partial charge in [-0.1, -0.05) is 6.92 Å². The van der Waals surface area contributed by atoms with Crippen molar-refractivity contribution in [1.29, 1.82) is 0 Å². The zero-order valence-corrected chi connectivity index (χ0v) is 14.5. The van der Waals surface area contributed by atoms with Gasteiger partial charge in [0.1, 0.15) is 0 Å². The Morgan fingerprint density at radius 3 is 2.95 bits per heavy atom. The van der Waals surface area contributed by atoms with Crippen LogP contribution in [0.4, 0.5) is 0 Å². The number of hydrogen-bond donors (Lipinski definition) is 1. The van der Waals surface area contributed by atoms with Crippen LogP contribution < -0.4 is 14.8 Å². The first kappa shape index (κ1) is 16.0. The Kier molecular flexibility index (Phi) is 6.52. The van der Waals surface area contributed by atoms with E-state index >= 15 is 0 Å². The van der Waals surface area contributed by atoms with E-state index in [0.29, 0.717) is 5.25 Å². The van der Waals surface area contributed by atoms with Crippen molar-refractivity contribution in [3.8, 4) is 11.5 Å². The molecule has 1 N–H and O–H groups in total. The molecule has 0 aromatic heterocycles. The Bertz CT molecular complexity index is 442. The number of ether oxygens (including phenoxy) is 2. The van der Waals surface area contributed by atoms with Crippen molar-refractivity contribution < 1.29 is 9.47 Å². The van der Waals surface area contributed by atoms with Crippen LogP contribution in [0.5, 0.6) is 11.5 Å². The summed E-state index contributed by atoms with van der Waals surface area (Å²) in [5.74, 6) is 1.69. The van der Waals surface area contributed by atoms with E-state index in [4.69, 9.17) is 9.47 Å². The van der Waals surface area contributed by atoms with Crippen molar-refractivity contribution in [2.75, 3.05) is 26.0 Å². The maximum absolute atomic E-state index is 5.75. The normalized spacial score (nSPS) is 15.8. The number of halogens is 1. The third-order valence-electron chi connectivity index (χ3n) is 3.32. The minimum atomic E-state index is 0.706. The SMILES string of the molecule is CSC(C)CCNCc1cc(Br)c2c(c1)OCCCO2. The van der Waals surface area contributed by atoms with E-state index in [-0.39, 0.29) is 0 Å². The Balaban J connectivity index is 1.92. The first-order valence-corrected chi connectivity index (χ1v) is 9.10. The minimum absolute atomic E-state index is 0.706. The Morgan fingerprint density at radius 1 is 1.35 bits per heavy atom. The second kappa shape index (κ2) is 8.15. The van der Waals surface area contributed by atoms with E-state index in [1.54, 1.807) is 0 Å². The van der Waals surface area contributed by atoms with Crippen molar-refractivity contribution in [3.05, 3.63) is 22.2 Å². The van der Waals surface area contributed by atoms with Crippen LogP contribution in [0.1, 0.15) is 25.3 Å². The summed E-state index contributed by atoms with van der Waals surface area (Å²) >= 11 is 5.49. The van der Waals surface area contributed by atoms with Crippen molar-refractivity contribution in [2.45, 2.75) is 31.6 Å². The highest BCUT2D eigenvalue weighted by atomic mass is 79.9. The number of hydrogen-bond acceptors (Lipinski definition) is 4. The molecule has 0 fully saturated rings. The van der Waals surface area contributed by atoms with E-state index in [0.717, 1.165) is 48.7 Å². The summed E-state index contributed by atoms with van der Waals surface area (Å²) in [6.07, 6.45) is 4.28. The van der Waals surface area contributed by atoms with Gasteiger partial charge in [0.05, 0.1) is 17.7 Å². The summed E-state index contributed by atoms with van der Waals surface area (Å²) < 4.78 is 12.4. The van der Waals surface area contributed by atoms with Crippen LogP contribution in [0, 0.1) is 0 Å². The van der Waals surface area contributed by atoms with Gasteiger partial charge < -0.3 is 14.8 Å². The molecule has 1 heterocycles. The third-order valence-corrected chi connectivity index (χ3v) is 4.95. The highest BCUT2D eigenvalue weighted by molar-refractivity contribution is 9.10. The molecule has 0 bridgehead atoms. The smallest absolute Gasteiger partial charge is 0.175 e. The molecule has 0 spiro atoms. The lowest BCUT2D eigenvalue weighted by molar-refractivity contribution is 0.296. The molecule has 3 nitrogen and oxygen atoms in total. The fourth-order valence-electron chi connectivity index (χ4n) is 2.04. The van der Waals surface area contributed by atoms with Gasteiger partial charge in [0.2, 0.25) is 0 Å². The molecule has 20 heavy (non-hydrogen) atoms. The number of nitrogens with one attached hydrogen (secondary N) is 1. The minimum Gasteiger partial charge on any atom is -0.490 e. The molecule has 1 aromatic carbocycles. The lowest BCUT2D eigenvalue weighted by atomic mass is 10.2. The van der Waals surface area contributed by atoms with Gasteiger partial charge in [-0.3, -0.25) is 0 Å². The number of thioether (sulfide) groups is 1. The third kappa shape index (κ3) is 4.57. The number of rotatable bonds is 6. The summed E-state index contributed by atoms with van der Waals surface area (Å²) in [5.41, 5.74) is 1.22. The van der Waals surface area contributed by atoms with Crippen molar-refractivity contribution in [2.24, 2.45) is 0 Å². The highest BCUT2D eigenvalue weighted by Gasteiger charge is 2.15. The van der Waals surface area contributed by atoms with E-state index in [9.17, 15) is 0 Å². The first-order valence-electron chi connectivity index (χ1n) is 7.02. The number of fused-ring (bicyclic) bond motifs is 1. The fraction of sp³-hybridized carbons (Fsp3) is 0.600. The maximum Gasteiger partial charge on any atom is 0.175 e. The van der Waals surface area contributed by atoms with Crippen LogP contribution in [0.25, 0.3) is 0 Å². The van der Waals surface area contributed by atoms with Crippen molar-refractivity contribution in [1.82, 2.24) is 5.32 Å². The highest BCUT2D eigenvalue weighted by Crippen LogP contribution is 2.38. The Labute approximate surface area is 133 Å². The average molecular weight is 360 g/mol. The molecule has 2 rings (SSSR count). The van der Waals surface area contributed by atoms with Gasteiger partial charge in [-0.25, -0.2) is 0 Å². The molecule has 1 atom stereocenters. The second-order valence-electron chi connectivity index (χ2n) is 4.97. The largest absolute Gasteiger partial charge is 0.490 e. The predicted octanol–water partition coefficient (Wildman–Crippen LogP) is 3.84. The van der Waals surface area contributed by atoms with Gasteiger partial charge in [-0.15, -0.1) is 0 Å². The van der Waals surface area contributed by atoms with E-state index < -0.39 is 0 Å². The van der Waals surface area contributed by atoms with Gasteiger partial charge in [0.15, 0.2) is 11.5 Å². The molecule has 1 unspecified atom stereocenters. The van der Waals surface area contributed by atoms with E-state index in [1.165, 1.54) is 12.0 Å². The van der Waals surface area contributed by atoms with Gasteiger partial charge in [-0.2, -0.15) is 11.8 Å². The molecule has 112 valence electrons. The Hall–Kier alpha value is -0.390. The van der Waals surface area contributed by atoms with Crippen molar-refractivity contribution >= 4 is 27.7 Å². The van der Waals surface area contributed by atoms with Crippen LogP contribution in [0.15, 0.2) is 16.6 Å². The van der Waals surface area contributed by atoms with Gasteiger partial charge in [-0.05, 0) is 52.8 Å². The standard InChI is InChI=1S/C15H22BrNO2S/c1-11(20-2)4-5-17-10-12-8-13(16)15-14(9-12)18-6-3-7-19-15/h8-9,11,17H,3-7,10H2,1-2H3. The van der Waals surface area contributed by atoms with Gasteiger partial charge in [0, 0.05) is 18.2 Å². The maximum atomic E-state index is 5.75. The van der Waals surface area contributed by atoms with Crippen LogP contribution >= 0.6 is 27.7 Å². The summed E-state index contributed by atoms with van der Waals surface area (Å²) in [4.78, 5) is 0. The molecular formula is C15H22BrNO2S. The molecule has 1 aromatic rings. The molecule has 0 aliphatic carbocycles. The molecule has 0 amide bonds. The molecule has 0 saturated heterocycles. The zero-order chi connectivity index (χ0) is 14.4. The molecule has 0 radical (unpaired) electrons. The zero-order valence-electron chi connectivity index (χ0n) is 12.1. The molecule has 1 aliphatic heterocycles. The topological polar surface area (TPSA) is 30.5 Å². The average Bonchev–Trinajstić information content (AvgIpc) is 2.69. The summed E-state index contributed by atoms with van der Waals surface area (Å²) in [6, 6.07) is 4.19. The van der Waals surface area contributed by atoms with Crippen LogP contribution in [-0.2, 0) is 6.54 Å². The van der Waals surface area contributed by atoms with Gasteiger partial charge in [0.25, 0.3) is 0 Å². The lowest BCUT2D eigenvalue weighted by Crippen LogP contribution is -2.17. The molecule has 1 aliphatic rings. The number of benzene rings is 1. The molecular weight excluding hydrogens is 338 g/mol. The van der Waals surface area contributed by atoms with Crippen LogP contribution in [-0.4, -0.2) is 31.3 Å². The quantitative estimate of drug-likeness (QED) is 0.781. The van der Waals surface area contributed by atoms with Crippen LogP contribution in [0.3, 0.4) is 0 Å². The molecule has 0 saturated carbocycles. The van der Waals surface area contributed by atoms with Gasteiger partial charge >= 0.3 is 0 Å². The monoisotopic (exact) mass is 359 g/mol. The lowest BCUT2D eigenvalue weighted by Gasteiger charge is -2.13. The summed E-state index contributed by atoms with van der Waals surface area (Å²) in [6.45, 7) is 5.60. The molecule has 5 heteroatoms. The van der Waals surface area contributed by atoms with E-state index in [1.807, 2.05) is 11.8 Å².